The smallest absolute Gasteiger partial charge is 0.328 e. The molecule has 0 aromatic heterocycles. The molecule has 1 saturated heterocycles. The van der Waals surface area contributed by atoms with Crippen LogP contribution in [0.2, 0.25) is 0 Å². The number of unbranched alkanes of at least 4 members (excludes halogenated alkanes) is 1. The Bertz CT molecular complexity index is 270. The predicted molar refractivity (Wildman–Crippen MR) is 69.0 cm³/mol. The second-order valence-electron chi connectivity index (χ2n) is 4.14. The lowest BCUT2D eigenvalue weighted by molar-refractivity contribution is -0.153. The molecule has 0 bridgehead atoms. The van der Waals surface area contributed by atoms with Crippen LogP contribution in [0.15, 0.2) is 0 Å². The van der Waals surface area contributed by atoms with Gasteiger partial charge in [-0.25, -0.2) is 4.79 Å². The summed E-state index contributed by atoms with van der Waals surface area (Å²) in [5.41, 5.74) is 0. The van der Waals surface area contributed by atoms with Crippen LogP contribution in [-0.2, 0) is 14.3 Å². The Balaban J connectivity index is 2.44. The Morgan fingerprint density at radius 2 is 2.18 bits per heavy atom. The van der Waals surface area contributed by atoms with Crippen LogP contribution in [0, 0.1) is 0 Å². The third kappa shape index (κ3) is 4.30. The van der Waals surface area contributed by atoms with Gasteiger partial charge in [0.2, 0.25) is 5.91 Å². The Hall–Kier alpha value is -0.580. The molecule has 1 heterocycles. The summed E-state index contributed by atoms with van der Waals surface area (Å²) in [4.78, 5) is 25.3. The highest BCUT2D eigenvalue weighted by molar-refractivity contribution is 9.09. The molecule has 0 aliphatic carbocycles. The number of esters is 1. The van der Waals surface area contributed by atoms with Gasteiger partial charge in [-0.1, -0.05) is 15.9 Å². The van der Waals surface area contributed by atoms with Gasteiger partial charge in [-0.2, -0.15) is 0 Å². The first kappa shape index (κ1) is 14.5. The SMILES string of the molecule is CCOC(=O)C1CCCN1C(=O)CCCCBr. The van der Waals surface area contributed by atoms with Crippen LogP contribution in [-0.4, -0.2) is 41.3 Å². The molecule has 4 nitrogen and oxygen atoms in total. The molecule has 0 radical (unpaired) electrons. The number of alkyl halides is 1. The highest BCUT2D eigenvalue weighted by atomic mass is 79.9. The standard InChI is InChI=1S/C12H20BrNO3/c1-2-17-12(16)10-6-5-9-14(10)11(15)7-3-4-8-13/h10H,2-9H2,1H3. The third-order valence-electron chi connectivity index (χ3n) is 2.91. The number of likely N-dealkylation sites (tertiary alicyclic amines) is 1. The van der Waals surface area contributed by atoms with Crippen molar-refractivity contribution in [2.24, 2.45) is 0 Å². The first-order chi connectivity index (χ1) is 8.20. The van der Waals surface area contributed by atoms with Crippen LogP contribution in [0.4, 0.5) is 0 Å². The van der Waals surface area contributed by atoms with Crippen LogP contribution in [0.1, 0.15) is 39.0 Å². The molecule has 0 aromatic rings. The van der Waals surface area contributed by atoms with Crippen molar-refractivity contribution in [3.05, 3.63) is 0 Å². The largest absolute Gasteiger partial charge is 0.464 e. The van der Waals surface area contributed by atoms with Gasteiger partial charge < -0.3 is 9.64 Å². The van der Waals surface area contributed by atoms with Gasteiger partial charge in [0.1, 0.15) is 6.04 Å². The van der Waals surface area contributed by atoms with Crippen LogP contribution in [0.5, 0.6) is 0 Å². The van der Waals surface area contributed by atoms with Gasteiger partial charge >= 0.3 is 5.97 Å². The topological polar surface area (TPSA) is 46.6 Å². The van der Waals surface area contributed by atoms with Crippen molar-refractivity contribution in [1.82, 2.24) is 4.90 Å². The average molecular weight is 306 g/mol. The van der Waals surface area contributed by atoms with E-state index in [1.807, 2.05) is 0 Å². The van der Waals surface area contributed by atoms with Crippen LogP contribution in [0.3, 0.4) is 0 Å². The van der Waals surface area contributed by atoms with E-state index in [-0.39, 0.29) is 17.9 Å². The Labute approximate surface area is 111 Å². The fourth-order valence-corrected chi connectivity index (χ4v) is 2.46. The lowest BCUT2D eigenvalue weighted by Crippen LogP contribution is -2.41. The maximum Gasteiger partial charge on any atom is 0.328 e. The van der Waals surface area contributed by atoms with Gasteiger partial charge in [0.25, 0.3) is 0 Å². The van der Waals surface area contributed by atoms with Gasteiger partial charge in [-0.3, -0.25) is 4.79 Å². The molecule has 1 atom stereocenters. The maximum absolute atomic E-state index is 11.9. The molecule has 0 spiro atoms. The minimum atomic E-state index is -0.341. The maximum atomic E-state index is 11.9. The molecule has 0 N–H and O–H groups in total. The monoisotopic (exact) mass is 305 g/mol. The van der Waals surface area contributed by atoms with Crippen molar-refractivity contribution in [3.8, 4) is 0 Å². The van der Waals surface area contributed by atoms with Crippen LogP contribution < -0.4 is 0 Å². The highest BCUT2D eigenvalue weighted by Crippen LogP contribution is 2.20. The molecule has 1 fully saturated rings. The molecule has 98 valence electrons. The number of nitrogens with zero attached hydrogens (tertiary/aromatic N) is 1. The summed E-state index contributed by atoms with van der Waals surface area (Å²) < 4.78 is 4.99. The highest BCUT2D eigenvalue weighted by Gasteiger charge is 2.34. The van der Waals surface area contributed by atoms with Crippen molar-refractivity contribution in [3.63, 3.8) is 0 Å². The number of carbonyl (C=O) groups is 2. The molecular weight excluding hydrogens is 286 g/mol. The summed E-state index contributed by atoms with van der Waals surface area (Å²) in [5.74, 6) is -0.166. The van der Waals surface area contributed by atoms with Gasteiger partial charge in [0, 0.05) is 18.3 Å². The summed E-state index contributed by atoms with van der Waals surface area (Å²) >= 11 is 3.34. The van der Waals surface area contributed by atoms with Crippen LogP contribution in [0.25, 0.3) is 0 Å². The molecule has 1 aliphatic rings. The fraction of sp³-hybridized carbons (Fsp3) is 0.833. The molecule has 17 heavy (non-hydrogen) atoms. The van der Waals surface area contributed by atoms with Gasteiger partial charge in [-0.15, -0.1) is 0 Å². The molecule has 1 aliphatic heterocycles. The van der Waals surface area contributed by atoms with Crippen molar-refractivity contribution >= 4 is 27.8 Å². The predicted octanol–water partition coefficient (Wildman–Crippen LogP) is 2.11. The number of amides is 1. The number of hydrogen-bond acceptors (Lipinski definition) is 3. The van der Waals surface area contributed by atoms with E-state index in [0.717, 1.165) is 31.0 Å². The second kappa shape index (κ2) is 7.69. The Morgan fingerprint density at radius 3 is 2.82 bits per heavy atom. The normalized spacial score (nSPS) is 19.4. The van der Waals surface area contributed by atoms with E-state index in [2.05, 4.69) is 15.9 Å². The molecular formula is C12H20BrNO3. The van der Waals surface area contributed by atoms with Crippen molar-refractivity contribution in [2.75, 3.05) is 18.5 Å². The van der Waals surface area contributed by atoms with Crippen molar-refractivity contribution < 1.29 is 14.3 Å². The minimum absolute atomic E-state index is 0.0847. The van der Waals surface area contributed by atoms with E-state index >= 15 is 0 Å². The molecule has 0 saturated carbocycles. The molecule has 1 amide bonds. The first-order valence-electron chi connectivity index (χ1n) is 6.22. The molecule has 0 aromatic carbocycles. The zero-order chi connectivity index (χ0) is 12.7. The van der Waals surface area contributed by atoms with E-state index < -0.39 is 0 Å². The van der Waals surface area contributed by atoms with Gasteiger partial charge in [0.15, 0.2) is 0 Å². The number of hydrogen-bond donors (Lipinski definition) is 0. The number of halogens is 1. The lowest BCUT2D eigenvalue weighted by atomic mass is 10.2. The van der Waals surface area contributed by atoms with Crippen LogP contribution >= 0.6 is 15.9 Å². The molecule has 5 heteroatoms. The number of carbonyl (C=O) groups excluding carboxylic acids is 2. The zero-order valence-electron chi connectivity index (χ0n) is 10.3. The first-order valence-corrected chi connectivity index (χ1v) is 7.35. The third-order valence-corrected chi connectivity index (χ3v) is 3.47. The van der Waals surface area contributed by atoms with Crippen molar-refractivity contribution in [2.45, 2.75) is 45.1 Å². The molecule has 1 rings (SSSR count). The molecule has 1 unspecified atom stereocenters. The van der Waals surface area contributed by atoms with Gasteiger partial charge in [0.05, 0.1) is 6.61 Å². The summed E-state index contributed by atoms with van der Waals surface area (Å²) in [6.45, 7) is 2.85. The van der Waals surface area contributed by atoms with E-state index in [1.54, 1.807) is 11.8 Å². The number of ether oxygens (including phenoxy) is 1. The van der Waals surface area contributed by atoms with E-state index in [4.69, 9.17) is 4.74 Å². The lowest BCUT2D eigenvalue weighted by Gasteiger charge is -2.23. The quantitative estimate of drug-likeness (QED) is 0.429. The van der Waals surface area contributed by atoms with Crippen molar-refractivity contribution in [1.29, 1.82) is 0 Å². The van der Waals surface area contributed by atoms with E-state index in [1.165, 1.54) is 0 Å². The Kier molecular flexibility index (Phi) is 6.55. The van der Waals surface area contributed by atoms with E-state index in [0.29, 0.717) is 19.6 Å². The number of rotatable bonds is 6. The zero-order valence-corrected chi connectivity index (χ0v) is 11.9. The fourth-order valence-electron chi connectivity index (χ4n) is 2.06. The Morgan fingerprint density at radius 1 is 1.41 bits per heavy atom. The summed E-state index contributed by atoms with van der Waals surface area (Å²) in [5, 5.41) is 0.918. The second-order valence-corrected chi connectivity index (χ2v) is 4.94. The summed E-state index contributed by atoms with van der Waals surface area (Å²) in [6, 6.07) is -0.341. The average Bonchev–Trinajstić information content (AvgIpc) is 2.78. The summed E-state index contributed by atoms with van der Waals surface area (Å²) in [6.07, 6.45) is 4.03. The minimum Gasteiger partial charge on any atom is -0.464 e. The van der Waals surface area contributed by atoms with E-state index in [9.17, 15) is 9.59 Å². The summed E-state index contributed by atoms with van der Waals surface area (Å²) in [7, 11) is 0. The van der Waals surface area contributed by atoms with Gasteiger partial charge in [-0.05, 0) is 32.6 Å².